The number of methoxy groups -OCH3 is 1. The molecule has 1 aliphatic heterocycles. The predicted molar refractivity (Wildman–Crippen MR) is 105 cm³/mol. The van der Waals surface area contributed by atoms with Gasteiger partial charge in [-0.25, -0.2) is 13.2 Å². The van der Waals surface area contributed by atoms with Crippen molar-refractivity contribution in [3.8, 4) is 17.2 Å². The smallest absolute Gasteiger partial charge is 0.330 e. The summed E-state index contributed by atoms with van der Waals surface area (Å²) in [7, 11) is -2.35. The Kier molecular flexibility index (Phi) is 6.10. The number of hydrogen-bond donors (Lipinski definition) is 1. The lowest BCUT2D eigenvalue weighted by Gasteiger charge is -2.24. The Morgan fingerprint density at radius 1 is 1.32 bits per heavy atom. The molecule has 0 fully saturated rings. The van der Waals surface area contributed by atoms with E-state index >= 15 is 0 Å². The van der Waals surface area contributed by atoms with Crippen LogP contribution in [0.15, 0.2) is 33.9 Å². The van der Waals surface area contributed by atoms with Gasteiger partial charge in [0.05, 0.1) is 19.4 Å². The Morgan fingerprint density at radius 2 is 2.07 bits per heavy atom. The van der Waals surface area contributed by atoms with E-state index in [1.54, 1.807) is 18.4 Å². The van der Waals surface area contributed by atoms with Crippen molar-refractivity contribution in [2.75, 3.05) is 31.7 Å². The standard InChI is InChI=1S/C18H19NO7S2/c1-3-24-14(20)7-6-12-11-13(19-28(21,22)15-5-4-10-27-15)17-18(16(12)23-2)26-9-8-25-17/h4-7,10-11,19H,3,8-9H2,1-2H3/b7-6+. The number of ether oxygens (including phenoxy) is 4. The van der Waals surface area contributed by atoms with Crippen molar-refractivity contribution in [3.63, 3.8) is 0 Å². The number of carbonyl (C=O) groups excluding carboxylic acids is 1. The van der Waals surface area contributed by atoms with Crippen molar-refractivity contribution in [2.45, 2.75) is 11.1 Å². The molecule has 1 aromatic carbocycles. The van der Waals surface area contributed by atoms with Crippen LogP contribution in [0.3, 0.4) is 0 Å². The van der Waals surface area contributed by atoms with Gasteiger partial charge in [0, 0.05) is 11.6 Å². The van der Waals surface area contributed by atoms with Crippen LogP contribution in [0.5, 0.6) is 17.2 Å². The summed E-state index contributed by atoms with van der Waals surface area (Å²) in [4.78, 5) is 11.7. The number of anilines is 1. The SMILES string of the molecule is CCOC(=O)/C=C/c1cc(NS(=O)(=O)c2cccs2)c2c(c1OC)OCCO2. The van der Waals surface area contributed by atoms with Crippen molar-refractivity contribution in [1.82, 2.24) is 0 Å². The molecule has 150 valence electrons. The molecule has 0 aliphatic carbocycles. The van der Waals surface area contributed by atoms with E-state index < -0.39 is 16.0 Å². The molecule has 1 aromatic heterocycles. The number of hydrogen-bond acceptors (Lipinski definition) is 8. The number of sulfonamides is 1. The molecule has 1 N–H and O–H groups in total. The van der Waals surface area contributed by atoms with Gasteiger partial charge in [-0.2, -0.15) is 0 Å². The summed E-state index contributed by atoms with van der Waals surface area (Å²) in [5.74, 6) is 0.301. The molecule has 8 nitrogen and oxygen atoms in total. The van der Waals surface area contributed by atoms with E-state index in [0.717, 1.165) is 11.3 Å². The Labute approximate surface area is 166 Å². The molecule has 0 saturated heterocycles. The van der Waals surface area contributed by atoms with E-state index in [9.17, 15) is 13.2 Å². The van der Waals surface area contributed by atoms with E-state index in [0.29, 0.717) is 11.3 Å². The topological polar surface area (TPSA) is 100 Å². The zero-order valence-corrected chi connectivity index (χ0v) is 16.9. The summed E-state index contributed by atoms with van der Waals surface area (Å²) < 4.78 is 49.6. The maximum Gasteiger partial charge on any atom is 0.330 e. The van der Waals surface area contributed by atoms with Gasteiger partial charge in [-0.1, -0.05) is 6.07 Å². The molecule has 0 saturated carbocycles. The predicted octanol–water partition coefficient (Wildman–Crippen LogP) is 2.91. The van der Waals surface area contributed by atoms with Crippen LogP contribution in [-0.2, 0) is 19.6 Å². The number of nitrogens with one attached hydrogen (secondary N) is 1. The highest BCUT2D eigenvalue weighted by molar-refractivity contribution is 7.94. The third-order valence-electron chi connectivity index (χ3n) is 3.69. The number of benzene rings is 1. The molecule has 0 atom stereocenters. The van der Waals surface area contributed by atoms with Gasteiger partial charge in [-0.15, -0.1) is 11.3 Å². The van der Waals surface area contributed by atoms with Gasteiger partial charge in [0.1, 0.15) is 17.4 Å². The highest BCUT2D eigenvalue weighted by Gasteiger charge is 2.27. The molecule has 0 spiro atoms. The first-order valence-electron chi connectivity index (χ1n) is 8.38. The molecule has 3 rings (SSSR count). The monoisotopic (exact) mass is 425 g/mol. The van der Waals surface area contributed by atoms with Crippen molar-refractivity contribution in [1.29, 1.82) is 0 Å². The lowest BCUT2D eigenvalue weighted by molar-refractivity contribution is -0.137. The Bertz CT molecular complexity index is 982. The van der Waals surface area contributed by atoms with E-state index in [1.807, 2.05) is 0 Å². The third kappa shape index (κ3) is 4.23. The molecule has 28 heavy (non-hydrogen) atoms. The van der Waals surface area contributed by atoms with Crippen molar-refractivity contribution >= 4 is 39.1 Å². The second-order valence-electron chi connectivity index (χ2n) is 5.52. The molecule has 0 unspecified atom stereocenters. The van der Waals surface area contributed by atoms with Gasteiger partial charge in [0.15, 0.2) is 11.5 Å². The second kappa shape index (κ2) is 8.53. The summed E-state index contributed by atoms with van der Waals surface area (Å²) in [5, 5.41) is 1.67. The first-order chi connectivity index (χ1) is 13.5. The van der Waals surface area contributed by atoms with Crippen molar-refractivity contribution in [2.24, 2.45) is 0 Å². The van der Waals surface area contributed by atoms with Gasteiger partial charge in [-0.3, -0.25) is 4.72 Å². The van der Waals surface area contributed by atoms with Gasteiger partial charge < -0.3 is 18.9 Å². The molecular formula is C18H19NO7S2. The van der Waals surface area contributed by atoms with E-state index in [1.165, 1.54) is 31.4 Å². The molecule has 0 amide bonds. The van der Waals surface area contributed by atoms with Crippen LogP contribution < -0.4 is 18.9 Å². The minimum Gasteiger partial charge on any atom is -0.492 e. The Balaban J connectivity index is 2.06. The molecular weight excluding hydrogens is 406 g/mol. The quantitative estimate of drug-likeness (QED) is 0.538. The lowest BCUT2D eigenvalue weighted by atomic mass is 10.1. The van der Waals surface area contributed by atoms with Crippen molar-refractivity contribution in [3.05, 3.63) is 35.2 Å². The minimum atomic E-state index is -3.80. The van der Waals surface area contributed by atoms with Crippen LogP contribution in [0.2, 0.25) is 0 Å². The fourth-order valence-electron chi connectivity index (χ4n) is 2.57. The van der Waals surface area contributed by atoms with Gasteiger partial charge in [0.25, 0.3) is 10.0 Å². The largest absolute Gasteiger partial charge is 0.492 e. The molecule has 0 radical (unpaired) electrons. The molecule has 0 bridgehead atoms. The van der Waals surface area contributed by atoms with Crippen LogP contribution >= 0.6 is 11.3 Å². The average Bonchev–Trinajstić information content (AvgIpc) is 3.22. The van der Waals surface area contributed by atoms with E-state index in [4.69, 9.17) is 18.9 Å². The highest BCUT2D eigenvalue weighted by Crippen LogP contribution is 2.48. The molecule has 2 heterocycles. The van der Waals surface area contributed by atoms with Crippen LogP contribution in [-0.4, -0.2) is 41.3 Å². The van der Waals surface area contributed by atoms with Gasteiger partial charge >= 0.3 is 5.97 Å². The zero-order chi connectivity index (χ0) is 20.1. The first-order valence-corrected chi connectivity index (χ1v) is 10.7. The first kappa shape index (κ1) is 20.0. The number of fused-ring (bicyclic) bond motifs is 1. The number of esters is 1. The number of carbonyl (C=O) groups is 1. The number of thiophene rings is 1. The van der Waals surface area contributed by atoms with E-state index in [-0.39, 0.29) is 41.2 Å². The fourth-order valence-corrected chi connectivity index (χ4v) is 4.62. The normalized spacial score (nSPS) is 13.4. The molecule has 2 aromatic rings. The van der Waals surface area contributed by atoms with Gasteiger partial charge in [0.2, 0.25) is 5.75 Å². The maximum atomic E-state index is 12.6. The molecule has 10 heteroatoms. The van der Waals surface area contributed by atoms with Crippen LogP contribution in [0.4, 0.5) is 5.69 Å². The average molecular weight is 425 g/mol. The fraction of sp³-hybridized carbons (Fsp3) is 0.278. The van der Waals surface area contributed by atoms with Gasteiger partial charge in [-0.05, 0) is 30.5 Å². The summed E-state index contributed by atoms with van der Waals surface area (Å²) >= 11 is 1.10. The maximum absolute atomic E-state index is 12.6. The van der Waals surface area contributed by atoms with Crippen LogP contribution in [0.25, 0.3) is 6.08 Å². The zero-order valence-electron chi connectivity index (χ0n) is 15.3. The number of rotatable bonds is 7. The van der Waals surface area contributed by atoms with Crippen LogP contribution in [0, 0.1) is 0 Å². The minimum absolute atomic E-state index is 0.164. The van der Waals surface area contributed by atoms with E-state index in [2.05, 4.69) is 4.72 Å². The third-order valence-corrected chi connectivity index (χ3v) is 6.45. The summed E-state index contributed by atoms with van der Waals surface area (Å²) in [5.41, 5.74) is 0.621. The molecule has 1 aliphatic rings. The lowest BCUT2D eigenvalue weighted by Crippen LogP contribution is -2.19. The summed E-state index contributed by atoms with van der Waals surface area (Å²) in [6.07, 6.45) is 2.70. The highest BCUT2D eigenvalue weighted by atomic mass is 32.2. The summed E-state index contributed by atoms with van der Waals surface area (Å²) in [6, 6.07) is 4.67. The van der Waals surface area contributed by atoms with Crippen LogP contribution in [0.1, 0.15) is 12.5 Å². The Morgan fingerprint density at radius 3 is 2.71 bits per heavy atom. The second-order valence-corrected chi connectivity index (χ2v) is 8.38. The van der Waals surface area contributed by atoms with Crippen molar-refractivity contribution < 1.29 is 32.2 Å². The Hall–Kier alpha value is -2.72. The summed E-state index contributed by atoms with van der Waals surface area (Å²) in [6.45, 7) is 2.49.